The van der Waals surface area contributed by atoms with Crippen molar-refractivity contribution >= 4 is 17.6 Å². The van der Waals surface area contributed by atoms with Crippen LogP contribution in [0.25, 0.3) is 0 Å². The smallest absolute Gasteiger partial charge is 0.358 e. The molecule has 176 valence electrons. The van der Waals surface area contributed by atoms with Gasteiger partial charge in [0.2, 0.25) is 0 Å². The first-order chi connectivity index (χ1) is 16.5. The third-order valence-electron chi connectivity index (χ3n) is 6.85. The van der Waals surface area contributed by atoms with E-state index < -0.39 is 5.97 Å². The Morgan fingerprint density at radius 2 is 1.85 bits per heavy atom. The van der Waals surface area contributed by atoms with E-state index in [1.54, 1.807) is 6.20 Å². The van der Waals surface area contributed by atoms with Crippen LogP contribution in [0.1, 0.15) is 51.8 Å². The zero-order valence-corrected chi connectivity index (χ0v) is 20.0. The van der Waals surface area contributed by atoms with Crippen LogP contribution < -0.4 is 9.80 Å². The molecular weight excluding hydrogens is 428 g/mol. The van der Waals surface area contributed by atoms with Crippen LogP contribution in [-0.2, 0) is 24.0 Å². The number of hydrogen-bond donors (Lipinski definition) is 0. The summed E-state index contributed by atoms with van der Waals surface area (Å²) in [7, 11) is 1.34. The lowest BCUT2D eigenvalue weighted by atomic mass is 10.0. The van der Waals surface area contributed by atoms with Crippen molar-refractivity contribution in [2.24, 2.45) is 0 Å². The lowest BCUT2D eigenvalue weighted by Crippen LogP contribution is -2.53. The van der Waals surface area contributed by atoms with Gasteiger partial charge in [-0.3, -0.25) is 0 Å². The van der Waals surface area contributed by atoms with E-state index in [4.69, 9.17) is 14.9 Å². The van der Waals surface area contributed by atoms with E-state index in [0.29, 0.717) is 0 Å². The predicted octanol–water partition coefficient (Wildman–Crippen LogP) is 3.16. The average Bonchev–Trinajstić information content (AvgIpc) is 3.36. The van der Waals surface area contributed by atoms with E-state index in [1.165, 1.54) is 35.6 Å². The third kappa shape index (κ3) is 4.32. The van der Waals surface area contributed by atoms with Crippen LogP contribution in [-0.4, -0.2) is 58.9 Å². The molecule has 1 aliphatic heterocycles. The van der Waals surface area contributed by atoms with Gasteiger partial charge in [-0.25, -0.2) is 14.8 Å². The van der Waals surface area contributed by atoms with Gasteiger partial charge >= 0.3 is 5.97 Å². The maximum Gasteiger partial charge on any atom is 0.358 e. The second-order valence-corrected chi connectivity index (χ2v) is 9.18. The number of carbonyl (C=O) groups is 1. The van der Waals surface area contributed by atoms with Crippen LogP contribution in [0.15, 0.2) is 36.7 Å². The number of benzene rings is 1. The standard InChI is InChI=1S/C26H30N6O2/c1-17-7-9-19(10-8-17)13-22-20-5-4-6-21(20)25(30-29-22)31-11-12-32(18(2)16-31)24-15-27-23(14-28-24)26(33)34-3/h7-10,14-15,18H,4-6,11-13,16H2,1-3H3/t18-/m1/s1. The first-order valence-electron chi connectivity index (χ1n) is 11.9. The van der Waals surface area contributed by atoms with Crippen molar-refractivity contribution in [3.8, 4) is 0 Å². The molecule has 0 bridgehead atoms. The van der Waals surface area contributed by atoms with Crippen molar-refractivity contribution in [2.45, 2.75) is 45.6 Å². The van der Waals surface area contributed by atoms with Gasteiger partial charge in [0.05, 0.1) is 25.2 Å². The minimum Gasteiger partial charge on any atom is -0.464 e. The summed E-state index contributed by atoms with van der Waals surface area (Å²) in [6, 6.07) is 8.91. The SMILES string of the molecule is COC(=O)c1cnc(N2CCN(c3nnc(Cc4ccc(C)cc4)c4c3CCC4)C[C@H]2C)cn1. The molecule has 0 amide bonds. The monoisotopic (exact) mass is 458 g/mol. The fraction of sp³-hybridized carbons (Fsp3) is 0.423. The summed E-state index contributed by atoms with van der Waals surface area (Å²) in [6.07, 6.45) is 7.27. The molecule has 0 N–H and O–H groups in total. The number of aryl methyl sites for hydroxylation is 1. The molecule has 2 aromatic heterocycles. The summed E-state index contributed by atoms with van der Waals surface area (Å²) in [5.41, 5.74) is 6.66. The lowest BCUT2D eigenvalue weighted by molar-refractivity contribution is 0.0593. The van der Waals surface area contributed by atoms with E-state index in [0.717, 1.165) is 62.6 Å². The minimum absolute atomic E-state index is 0.217. The number of nitrogens with zero attached hydrogens (tertiary/aromatic N) is 6. The van der Waals surface area contributed by atoms with Crippen molar-refractivity contribution in [2.75, 3.05) is 36.5 Å². The van der Waals surface area contributed by atoms with Crippen molar-refractivity contribution in [1.29, 1.82) is 0 Å². The van der Waals surface area contributed by atoms with Gasteiger partial charge in [-0.2, -0.15) is 5.10 Å². The number of anilines is 2. The number of rotatable bonds is 5. The Hall–Kier alpha value is -3.55. The zero-order valence-electron chi connectivity index (χ0n) is 20.0. The number of carbonyl (C=O) groups excluding carboxylic acids is 1. The molecule has 3 aromatic rings. The van der Waals surface area contributed by atoms with Crippen LogP contribution in [0.2, 0.25) is 0 Å². The van der Waals surface area contributed by atoms with E-state index in [1.807, 2.05) is 0 Å². The molecule has 8 nitrogen and oxygen atoms in total. The van der Waals surface area contributed by atoms with Crippen molar-refractivity contribution in [3.63, 3.8) is 0 Å². The number of esters is 1. The molecule has 1 aromatic carbocycles. The second kappa shape index (κ2) is 9.37. The Balaban J connectivity index is 1.32. The number of aromatic nitrogens is 4. The first kappa shape index (κ1) is 22.3. The topological polar surface area (TPSA) is 84.3 Å². The van der Waals surface area contributed by atoms with Crippen LogP contribution in [0, 0.1) is 6.92 Å². The van der Waals surface area contributed by atoms with Gasteiger partial charge in [0, 0.05) is 37.7 Å². The number of methoxy groups -OCH3 is 1. The highest BCUT2D eigenvalue weighted by atomic mass is 16.5. The predicted molar refractivity (Wildman–Crippen MR) is 130 cm³/mol. The molecule has 8 heteroatoms. The van der Waals surface area contributed by atoms with Gasteiger partial charge in [-0.1, -0.05) is 29.8 Å². The van der Waals surface area contributed by atoms with Gasteiger partial charge < -0.3 is 14.5 Å². The molecule has 1 atom stereocenters. The zero-order chi connectivity index (χ0) is 23.7. The van der Waals surface area contributed by atoms with Crippen molar-refractivity contribution in [1.82, 2.24) is 20.2 Å². The molecule has 0 spiro atoms. The Kier molecular flexibility index (Phi) is 6.13. The Morgan fingerprint density at radius 3 is 2.56 bits per heavy atom. The summed E-state index contributed by atoms with van der Waals surface area (Å²) in [5.74, 6) is 1.33. The Labute approximate surface area is 200 Å². The van der Waals surface area contributed by atoms with Crippen LogP contribution in [0.4, 0.5) is 11.6 Å². The highest BCUT2D eigenvalue weighted by Crippen LogP contribution is 2.33. The largest absolute Gasteiger partial charge is 0.464 e. The maximum atomic E-state index is 11.6. The van der Waals surface area contributed by atoms with Gasteiger partial charge in [-0.05, 0) is 44.2 Å². The summed E-state index contributed by atoms with van der Waals surface area (Å²) < 4.78 is 4.71. The summed E-state index contributed by atoms with van der Waals surface area (Å²) in [6.45, 7) is 6.76. The second-order valence-electron chi connectivity index (χ2n) is 9.18. The highest BCUT2D eigenvalue weighted by Gasteiger charge is 2.30. The van der Waals surface area contributed by atoms with Crippen LogP contribution >= 0.6 is 0 Å². The summed E-state index contributed by atoms with van der Waals surface area (Å²) >= 11 is 0. The molecule has 1 aliphatic carbocycles. The highest BCUT2D eigenvalue weighted by molar-refractivity contribution is 5.86. The quantitative estimate of drug-likeness (QED) is 0.539. The van der Waals surface area contributed by atoms with E-state index in [9.17, 15) is 4.79 Å². The Morgan fingerprint density at radius 1 is 1.06 bits per heavy atom. The van der Waals surface area contributed by atoms with Crippen molar-refractivity contribution < 1.29 is 9.53 Å². The fourth-order valence-electron chi connectivity index (χ4n) is 5.00. The van der Waals surface area contributed by atoms with Crippen LogP contribution in [0.3, 0.4) is 0 Å². The Bertz CT molecular complexity index is 1180. The lowest BCUT2D eigenvalue weighted by Gasteiger charge is -2.41. The van der Waals surface area contributed by atoms with E-state index in [2.05, 4.69) is 57.9 Å². The van der Waals surface area contributed by atoms with E-state index >= 15 is 0 Å². The minimum atomic E-state index is -0.477. The number of piperazine rings is 1. The number of hydrogen-bond acceptors (Lipinski definition) is 8. The van der Waals surface area contributed by atoms with Gasteiger partial charge in [0.25, 0.3) is 0 Å². The molecule has 2 aliphatic rings. The van der Waals surface area contributed by atoms with Gasteiger partial charge in [0.15, 0.2) is 11.5 Å². The van der Waals surface area contributed by atoms with Crippen LogP contribution in [0.5, 0.6) is 0 Å². The molecule has 34 heavy (non-hydrogen) atoms. The molecule has 1 saturated heterocycles. The number of ether oxygens (including phenoxy) is 1. The fourth-order valence-corrected chi connectivity index (χ4v) is 5.00. The molecule has 1 fully saturated rings. The molecule has 0 unspecified atom stereocenters. The molecule has 0 radical (unpaired) electrons. The average molecular weight is 459 g/mol. The molecule has 5 rings (SSSR count). The van der Waals surface area contributed by atoms with E-state index in [-0.39, 0.29) is 11.7 Å². The van der Waals surface area contributed by atoms with Gasteiger partial charge in [0.1, 0.15) is 5.82 Å². The maximum absolute atomic E-state index is 11.6. The number of fused-ring (bicyclic) bond motifs is 1. The summed E-state index contributed by atoms with van der Waals surface area (Å²) in [4.78, 5) is 24.9. The first-order valence-corrected chi connectivity index (χ1v) is 11.9. The third-order valence-corrected chi connectivity index (χ3v) is 6.85. The summed E-state index contributed by atoms with van der Waals surface area (Å²) in [5, 5.41) is 9.45. The van der Waals surface area contributed by atoms with Gasteiger partial charge in [-0.15, -0.1) is 5.10 Å². The molecule has 3 heterocycles. The molecular formula is C26H30N6O2. The van der Waals surface area contributed by atoms with Crippen molar-refractivity contribution in [3.05, 3.63) is 70.3 Å². The molecule has 0 saturated carbocycles. The normalized spacial score (nSPS) is 17.6.